The van der Waals surface area contributed by atoms with Gasteiger partial charge in [0.05, 0.1) is 6.20 Å². The van der Waals surface area contributed by atoms with Crippen molar-refractivity contribution in [2.24, 2.45) is 18.9 Å². The van der Waals surface area contributed by atoms with Gasteiger partial charge in [0.2, 0.25) is 0 Å². The number of hydrogen-bond donors (Lipinski definition) is 0. The van der Waals surface area contributed by atoms with Crippen LogP contribution in [0.5, 0.6) is 0 Å². The fraction of sp³-hybridized carbons (Fsp3) is 0.667. The van der Waals surface area contributed by atoms with E-state index in [9.17, 15) is 4.79 Å². The van der Waals surface area contributed by atoms with Crippen LogP contribution < -0.4 is 5.56 Å². The molecule has 0 amide bonds. The minimum atomic E-state index is -0.108. The number of aryl methyl sites for hydroxylation is 1. The maximum atomic E-state index is 12.2. The molecule has 0 aliphatic carbocycles. The fourth-order valence-corrected chi connectivity index (χ4v) is 2.27. The van der Waals surface area contributed by atoms with E-state index in [-0.39, 0.29) is 5.56 Å². The quantitative estimate of drug-likeness (QED) is 0.817. The molecule has 0 aliphatic heterocycles. The molecule has 2 rings (SSSR count). The summed E-state index contributed by atoms with van der Waals surface area (Å²) in [7, 11) is 1.75. The highest BCUT2D eigenvalue weighted by Gasteiger charge is 2.12. The standard InChI is InChI=1S/C12H19N5O/c1-8(2)5-9(3)7-17-12(18)10-6-13-16(4)11(10)14-15-17/h6,8-9H,5,7H2,1-4H3. The normalized spacial score (nSPS) is 13.4. The van der Waals surface area contributed by atoms with Gasteiger partial charge in [0, 0.05) is 13.6 Å². The third-order valence-electron chi connectivity index (χ3n) is 2.98. The molecule has 0 N–H and O–H groups in total. The van der Waals surface area contributed by atoms with Gasteiger partial charge < -0.3 is 0 Å². The van der Waals surface area contributed by atoms with Gasteiger partial charge in [-0.2, -0.15) is 5.10 Å². The predicted molar refractivity (Wildman–Crippen MR) is 69.2 cm³/mol. The first-order valence-electron chi connectivity index (χ1n) is 6.24. The smallest absolute Gasteiger partial charge is 0.267 e. The summed E-state index contributed by atoms with van der Waals surface area (Å²) in [6.07, 6.45) is 2.62. The second-order valence-electron chi connectivity index (χ2n) is 5.32. The molecule has 0 aromatic carbocycles. The van der Waals surface area contributed by atoms with Gasteiger partial charge in [-0.3, -0.25) is 4.79 Å². The summed E-state index contributed by atoms with van der Waals surface area (Å²) >= 11 is 0. The molecule has 0 spiro atoms. The minimum Gasteiger partial charge on any atom is -0.267 e. The Morgan fingerprint density at radius 2 is 2.06 bits per heavy atom. The van der Waals surface area contributed by atoms with Gasteiger partial charge in [0.15, 0.2) is 5.65 Å². The van der Waals surface area contributed by atoms with Crippen molar-refractivity contribution in [3.05, 3.63) is 16.6 Å². The molecule has 2 heterocycles. The molecule has 6 heteroatoms. The molecule has 1 unspecified atom stereocenters. The molecular formula is C12H19N5O. The second-order valence-corrected chi connectivity index (χ2v) is 5.32. The Kier molecular flexibility index (Phi) is 3.45. The summed E-state index contributed by atoms with van der Waals surface area (Å²) in [6.45, 7) is 7.08. The molecule has 0 saturated heterocycles. The zero-order valence-electron chi connectivity index (χ0n) is 11.3. The zero-order valence-corrected chi connectivity index (χ0v) is 11.3. The third-order valence-corrected chi connectivity index (χ3v) is 2.98. The van der Waals surface area contributed by atoms with Crippen molar-refractivity contribution in [3.8, 4) is 0 Å². The van der Waals surface area contributed by atoms with Gasteiger partial charge in [-0.1, -0.05) is 26.0 Å². The van der Waals surface area contributed by atoms with E-state index in [1.54, 1.807) is 17.9 Å². The van der Waals surface area contributed by atoms with E-state index in [1.165, 1.54) is 4.68 Å². The largest absolute Gasteiger partial charge is 0.280 e. The molecule has 0 fully saturated rings. The van der Waals surface area contributed by atoms with Crippen molar-refractivity contribution in [2.45, 2.75) is 33.7 Å². The lowest BCUT2D eigenvalue weighted by Crippen LogP contribution is -2.27. The average Bonchev–Trinajstić information content (AvgIpc) is 2.64. The first-order valence-corrected chi connectivity index (χ1v) is 6.24. The maximum absolute atomic E-state index is 12.2. The SMILES string of the molecule is CC(C)CC(C)Cn1nnc2c(cnn2C)c1=O. The Balaban J connectivity index is 2.29. The first-order chi connectivity index (χ1) is 8.49. The van der Waals surface area contributed by atoms with E-state index in [4.69, 9.17) is 0 Å². The zero-order chi connectivity index (χ0) is 13.3. The van der Waals surface area contributed by atoms with Crippen LogP contribution in [0.2, 0.25) is 0 Å². The topological polar surface area (TPSA) is 65.6 Å². The van der Waals surface area contributed by atoms with Crippen molar-refractivity contribution in [1.29, 1.82) is 0 Å². The highest BCUT2D eigenvalue weighted by atomic mass is 16.1. The molecular weight excluding hydrogens is 230 g/mol. The molecule has 0 bridgehead atoms. The van der Waals surface area contributed by atoms with Gasteiger partial charge in [0.1, 0.15) is 5.39 Å². The lowest BCUT2D eigenvalue weighted by Gasteiger charge is -2.13. The average molecular weight is 249 g/mol. The van der Waals surface area contributed by atoms with Crippen LogP contribution in [0.25, 0.3) is 11.0 Å². The van der Waals surface area contributed by atoms with Crippen molar-refractivity contribution in [2.75, 3.05) is 0 Å². The van der Waals surface area contributed by atoms with E-state index >= 15 is 0 Å². The summed E-state index contributed by atoms with van der Waals surface area (Å²) in [6, 6.07) is 0. The predicted octanol–water partition coefficient (Wildman–Crippen LogP) is 1.21. The van der Waals surface area contributed by atoms with Crippen LogP contribution in [0.15, 0.2) is 11.0 Å². The van der Waals surface area contributed by atoms with Crippen molar-refractivity contribution >= 4 is 11.0 Å². The van der Waals surface area contributed by atoms with Crippen molar-refractivity contribution in [1.82, 2.24) is 24.8 Å². The third kappa shape index (κ3) is 2.42. The lowest BCUT2D eigenvalue weighted by molar-refractivity contribution is 0.359. The number of aromatic nitrogens is 5. The van der Waals surface area contributed by atoms with Gasteiger partial charge in [-0.15, -0.1) is 5.10 Å². The van der Waals surface area contributed by atoms with Gasteiger partial charge in [-0.25, -0.2) is 9.36 Å². The maximum Gasteiger partial charge on any atom is 0.280 e. The highest BCUT2D eigenvalue weighted by Crippen LogP contribution is 2.12. The number of nitrogens with zero attached hydrogens (tertiary/aromatic N) is 5. The first kappa shape index (κ1) is 12.7. The molecule has 6 nitrogen and oxygen atoms in total. The number of fused-ring (bicyclic) bond motifs is 1. The molecule has 1 atom stereocenters. The van der Waals surface area contributed by atoms with E-state index in [2.05, 4.69) is 36.2 Å². The molecule has 0 radical (unpaired) electrons. The van der Waals surface area contributed by atoms with E-state index < -0.39 is 0 Å². The summed E-state index contributed by atoms with van der Waals surface area (Å²) < 4.78 is 3.00. The highest BCUT2D eigenvalue weighted by molar-refractivity contribution is 5.72. The van der Waals surface area contributed by atoms with Crippen LogP contribution in [0, 0.1) is 11.8 Å². The monoisotopic (exact) mass is 249 g/mol. The molecule has 0 saturated carbocycles. The van der Waals surface area contributed by atoms with Crippen LogP contribution in [0.1, 0.15) is 27.2 Å². The van der Waals surface area contributed by atoms with Crippen LogP contribution >= 0.6 is 0 Å². The van der Waals surface area contributed by atoms with Crippen LogP contribution in [-0.4, -0.2) is 24.8 Å². The number of rotatable bonds is 4. The van der Waals surface area contributed by atoms with E-state index in [0.717, 1.165) is 6.42 Å². The van der Waals surface area contributed by atoms with Gasteiger partial charge in [-0.05, 0) is 18.3 Å². The Labute approximate surface area is 106 Å². The van der Waals surface area contributed by atoms with Crippen LogP contribution in [-0.2, 0) is 13.6 Å². The van der Waals surface area contributed by atoms with Crippen molar-refractivity contribution in [3.63, 3.8) is 0 Å². The molecule has 0 aliphatic rings. The Bertz CT molecular complexity index is 598. The van der Waals surface area contributed by atoms with Crippen LogP contribution in [0.4, 0.5) is 0 Å². The van der Waals surface area contributed by atoms with Gasteiger partial charge in [0.25, 0.3) is 5.56 Å². The molecule has 2 aromatic rings. The number of hydrogen-bond acceptors (Lipinski definition) is 4. The van der Waals surface area contributed by atoms with Crippen LogP contribution in [0.3, 0.4) is 0 Å². The Morgan fingerprint density at radius 3 is 2.72 bits per heavy atom. The summed E-state index contributed by atoms with van der Waals surface area (Å²) in [4.78, 5) is 12.2. The summed E-state index contributed by atoms with van der Waals surface area (Å²) in [5, 5.41) is 12.6. The summed E-state index contributed by atoms with van der Waals surface area (Å²) in [5.41, 5.74) is 0.427. The Hall–Kier alpha value is -1.72. The molecule has 98 valence electrons. The second kappa shape index (κ2) is 4.88. The summed E-state index contributed by atoms with van der Waals surface area (Å²) in [5.74, 6) is 1.02. The van der Waals surface area contributed by atoms with Crippen molar-refractivity contribution < 1.29 is 0 Å². The molecule has 2 aromatic heterocycles. The van der Waals surface area contributed by atoms with Gasteiger partial charge >= 0.3 is 0 Å². The van der Waals surface area contributed by atoms with E-state index in [0.29, 0.717) is 29.4 Å². The lowest BCUT2D eigenvalue weighted by atomic mass is 9.99. The minimum absolute atomic E-state index is 0.108. The van der Waals surface area contributed by atoms with E-state index in [1.807, 2.05) is 0 Å². The fourth-order valence-electron chi connectivity index (χ4n) is 2.27. The molecule has 18 heavy (non-hydrogen) atoms. The Morgan fingerprint density at radius 1 is 1.33 bits per heavy atom.